The third-order valence-corrected chi connectivity index (χ3v) is 6.67. The fraction of sp³-hybridized carbons (Fsp3) is 0.409. The minimum Gasteiger partial charge on any atom is -0.496 e. The van der Waals surface area contributed by atoms with Gasteiger partial charge in [-0.1, -0.05) is 25.1 Å². The Morgan fingerprint density at radius 3 is 3.03 bits per heavy atom. The summed E-state index contributed by atoms with van der Waals surface area (Å²) in [6.45, 7) is 2.71. The number of methoxy groups -OCH3 is 1. The molecule has 0 fully saturated rings. The normalized spacial score (nSPS) is 15.9. The number of para-hydroxylation sites is 1. The predicted octanol–water partition coefficient (Wildman–Crippen LogP) is 2.95. The number of hydrogen-bond acceptors (Lipinski definition) is 5. The molecule has 1 aliphatic rings. The molecule has 1 aliphatic carbocycles. The maximum absolute atomic E-state index is 13.0. The van der Waals surface area contributed by atoms with Gasteiger partial charge >= 0.3 is 0 Å². The van der Waals surface area contributed by atoms with Gasteiger partial charge in [0.15, 0.2) is 0 Å². The van der Waals surface area contributed by atoms with Gasteiger partial charge in [0.1, 0.15) is 17.1 Å². The predicted molar refractivity (Wildman–Crippen MR) is 115 cm³/mol. The van der Waals surface area contributed by atoms with Crippen molar-refractivity contribution in [1.82, 2.24) is 14.9 Å². The van der Waals surface area contributed by atoms with Crippen LogP contribution in [0.15, 0.2) is 35.4 Å². The van der Waals surface area contributed by atoms with Crippen molar-refractivity contribution in [3.8, 4) is 5.75 Å². The number of aryl methyl sites for hydroxylation is 1. The van der Waals surface area contributed by atoms with Crippen molar-refractivity contribution in [2.75, 3.05) is 13.7 Å². The molecule has 0 unspecified atom stereocenters. The molecule has 29 heavy (non-hydrogen) atoms. The molecule has 1 amide bonds. The summed E-state index contributed by atoms with van der Waals surface area (Å²) in [4.78, 5) is 31.9. The Balaban J connectivity index is 1.44. The van der Waals surface area contributed by atoms with E-state index in [1.807, 2.05) is 24.3 Å². The number of amides is 1. The van der Waals surface area contributed by atoms with Crippen molar-refractivity contribution < 1.29 is 9.53 Å². The molecule has 3 aromatic rings. The third-order valence-electron chi connectivity index (χ3n) is 5.51. The van der Waals surface area contributed by atoms with Crippen molar-refractivity contribution in [2.45, 2.75) is 39.2 Å². The molecule has 6 nitrogen and oxygen atoms in total. The summed E-state index contributed by atoms with van der Waals surface area (Å²) in [5.41, 5.74) is 2.07. The van der Waals surface area contributed by atoms with Crippen LogP contribution in [-0.4, -0.2) is 29.1 Å². The highest BCUT2D eigenvalue weighted by Gasteiger charge is 2.23. The van der Waals surface area contributed by atoms with Gasteiger partial charge in [-0.2, -0.15) is 0 Å². The second-order valence-corrected chi connectivity index (χ2v) is 8.70. The third kappa shape index (κ3) is 4.05. The average Bonchev–Trinajstić information content (AvgIpc) is 3.08. The maximum Gasteiger partial charge on any atom is 0.262 e. The molecular formula is C22H25N3O3S. The van der Waals surface area contributed by atoms with Gasteiger partial charge < -0.3 is 10.1 Å². The molecule has 1 atom stereocenters. The number of rotatable bonds is 6. The first-order valence-electron chi connectivity index (χ1n) is 9.95. The number of ether oxygens (including phenoxy) is 1. The van der Waals surface area contributed by atoms with E-state index < -0.39 is 0 Å². The van der Waals surface area contributed by atoms with Crippen LogP contribution in [-0.2, 0) is 30.6 Å². The molecule has 0 saturated carbocycles. The van der Waals surface area contributed by atoms with Crippen molar-refractivity contribution in [2.24, 2.45) is 5.92 Å². The molecule has 0 bridgehead atoms. The van der Waals surface area contributed by atoms with E-state index in [1.165, 1.54) is 15.8 Å². The van der Waals surface area contributed by atoms with Crippen LogP contribution in [0.2, 0.25) is 0 Å². The van der Waals surface area contributed by atoms with Gasteiger partial charge in [0.2, 0.25) is 5.91 Å². The standard InChI is InChI=1S/C22H25N3O3S/c1-14-7-8-16-18(11-14)29-21-20(16)22(27)25(13-24-21)12-19(26)23-10-9-15-5-3-4-6-17(15)28-2/h3-6,13-14H,7-12H2,1-2H3,(H,23,26)/t14-/m0/s1. The Labute approximate surface area is 173 Å². The van der Waals surface area contributed by atoms with E-state index in [1.54, 1.807) is 18.4 Å². The van der Waals surface area contributed by atoms with E-state index in [9.17, 15) is 9.59 Å². The number of benzene rings is 1. The zero-order valence-corrected chi connectivity index (χ0v) is 17.6. The van der Waals surface area contributed by atoms with Crippen molar-refractivity contribution in [3.05, 3.63) is 57.0 Å². The Morgan fingerprint density at radius 2 is 2.21 bits per heavy atom. The largest absolute Gasteiger partial charge is 0.496 e. The molecule has 4 rings (SSSR count). The fourth-order valence-electron chi connectivity index (χ4n) is 3.94. The number of carbonyl (C=O) groups is 1. The number of thiophene rings is 1. The quantitative estimate of drug-likeness (QED) is 0.677. The van der Waals surface area contributed by atoms with Gasteiger partial charge in [-0.25, -0.2) is 4.98 Å². The molecule has 1 aromatic carbocycles. The lowest BCUT2D eigenvalue weighted by Gasteiger charge is -2.17. The minimum absolute atomic E-state index is 0.0191. The monoisotopic (exact) mass is 411 g/mol. The molecule has 0 spiro atoms. The summed E-state index contributed by atoms with van der Waals surface area (Å²) >= 11 is 1.62. The Hall–Kier alpha value is -2.67. The van der Waals surface area contributed by atoms with E-state index >= 15 is 0 Å². The lowest BCUT2D eigenvalue weighted by molar-refractivity contribution is -0.121. The number of nitrogens with zero attached hydrogens (tertiary/aromatic N) is 2. The molecule has 2 aromatic heterocycles. The lowest BCUT2D eigenvalue weighted by atomic mass is 9.89. The summed E-state index contributed by atoms with van der Waals surface area (Å²) in [5.74, 6) is 1.26. The molecule has 2 heterocycles. The second kappa shape index (κ2) is 8.37. The summed E-state index contributed by atoms with van der Waals surface area (Å²) in [7, 11) is 1.64. The topological polar surface area (TPSA) is 73.2 Å². The molecule has 1 N–H and O–H groups in total. The van der Waals surface area contributed by atoms with Gasteiger partial charge in [-0.15, -0.1) is 11.3 Å². The Kier molecular flexibility index (Phi) is 5.67. The van der Waals surface area contributed by atoms with Gasteiger partial charge in [-0.3, -0.25) is 14.2 Å². The first-order chi connectivity index (χ1) is 14.1. The van der Waals surface area contributed by atoms with Gasteiger partial charge in [0, 0.05) is 11.4 Å². The van der Waals surface area contributed by atoms with Crippen molar-refractivity contribution in [1.29, 1.82) is 0 Å². The Morgan fingerprint density at radius 1 is 1.38 bits per heavy atom. The van der Waals surface area contributed by atoms with Gasteiger partial charge in [0.25, 0.3) is 5.56 Å². The zero-order valence-electron chi connectivity index (χ0n) is 16.7. The highest BCUT2D eigenvalue weighted by molar-refractivity contribution is 7.18. The first kappa shape index (κ1) is 19.6. The number of aromatic nitrogens is 2. The highest BCUT2D eigenvalue weighted by atomic mass is 32.1. The van der Waals surface area contributed by atoms with E-state index in [4.69, 9.17) is 4.74 Å². The minimum atomic E-state index is -0.194. The van der Waals surface area contributed by atoms with Crippen LogP contribution in [0.25, 0.3) is 10.2 Å². The second-order valence-electron chi connectivity index (χ2n) is 7.62. The molecule has 0 aliphatic heterocycles. The maximum atomic E-state index is 13.0. The van der Waals surface area contributed by atoms with Crippen LogP contribution in [0.1, 0.15) is 29.3 Å². The summed E-state index contributed by atoms with van der Waals surface area (Å²) in [5, 5.41) is 3.60. The highest BCUT2D eigenvalue weighted by Crippen LogP contribution is 2.35. The first-order valence-corrected chi connectivity index (χ1v) is 10.8. The zero-order chi connectivity index (χ0) is 20.4. The molecule has 0 saturated heterocycles. The Bertz CT molecular complexity index is 1100. The van der Waals surface area contributed by atoms with Gasteiger partial charge in [0.05, 0.1) is 18.8 Å². The fourth-order valence-corrected chi connectivity index (χ4v) is 5.28. The van der Waals surface area contributed by atoms with E-state index in [-0.39, 0.29) is 18.0 Å². The van der Waals surface area contributed by atoms with Crippen LogP contribution in [0.4, 0.5) is 0 Å². The number of fused-ring (bicyclic) bond motifs is 3. The van der Waals surface area contributed by atoms with Crippen LogP contribution < -0.4 is 15.6 Å². The van der Waals surface area contributed by atoms with Crippen molar-refractivity contribution in [3.63, 3.8) is 0 Å². The van der Waals surface area contributed by atoms with Crippen molar-refractivity contribution >= 4 is 27.5 Å². The molecule has 0 radical (unpaired) electrons. The lowest BCUT2D eigenvalue weighted by Crippen LogP contribution is -2.33. The smallest absolute Gasteiger partial charge is 0.262 e. The average molecular weight is 412 g/mol. The summed E-state index contributed by atoms with van der Waals surface area (Å²) < 4.78 is 6.76. The number of carbonyl (C=O) groups excluding carboxylic acids is 1. The van der Waals surface area contributed by atoms with E-state index in [2.05, 4.69) is 17.2 Å². The van der Waals surface area contributed by atoms with E-state index in [0.717, 1.165) is 41.0 Å². The molecule has 152 valence electrons. The number of hydrogen-bond donors (Lipinski definition) is 1. The van der Waals surface area contributed by atoms with Crippen LogP contribution in [0, 0.1) is 5.92 Å². The van der Waals surface area contributed by atoms with Crippen LogP contribution >= 0.6 is 11.3 Å². The molecule has 7 heteroatoms. The molecular weight excluding hydrogens is 386 g/mol. The van der Waals surface area contributed by atoms with Crippen LogP contribution in [0.3, 0.4) is 0 Å². The number of nitrogens with one attached hydrogen (secondary N) is 1. The van der Waals surface area contributed by atoms with Gasteiger partial charge in [-0.05, 0) is 48.8 Å². The van der Waals surface area contributed by atoms with Crippen LogP contribution in [0.5, 0.6) is 5.75 Å². The van der Waals surface area contributed by atoms with E-state index in [0.29, 0.717) is 24.3 Å². The summed E-state index contributed by atoms with van der Waals surface area (Å²) in [6, 6.07) is 7.75. The SMILES string of the molecule is COc1ccccc1CCNC(=O)Cn1cnc2sc3c(c2c1=O)CC[C@H](C)C3. The summed E-state index contributed by atoms with van der Waals surface area (Å²) in [6.07, 6.45) is 5.19.